The molecule has 1 aliphatic rings. The number of halogens is 1. The molecule has 0 atom stereocenters. The van der Waals surface area contributed by atoms with E-state index in [-0.39, 0.29) is 12.6 Å². The van der Waals surface area contributed by atoms with Gasteiger partial charge in [0.1, 0.15) is 0 Å². The predicted octanol–water partition coefficient (Wildman–Crippen LogP) is 3.26. The molecule has 0 bridgehead atoms. The summed E-state index contributed by atoms with van der Waals surface area (Å²) in [7, 11) is 1.60. The van der Waals surface area contributed by atoms with Crippen LogP contribution in [0.1, 0.15) is 31.2 Å². The largest absolute Gasteiger partial charge is 0.396 e. The van der Waals surface area contributed by atoms with Gasteiger partial charge in [0.15, 0.2) is 0 Å². The van der Waals surface area contributed by atoms with Gasteiger partial charge in [-0.25, -0.2) is 4.79 Å². The van der Waals surface area contributed by atoms with Gasteiger partial charge in [0.05, 0.1) is 6.61 Å². The molecule has 1 aromatic carbocycles. The number of carbonyl (C=O) groups is 1. The van der Waals surface area contributed by atoms with Gasteiger partial charge in [-0.15, -0.1) is 0 Å². The zero-order valence-electron chi connectivity index (χ0n) is 12.8. The molecular formula is C16H23ClN2O3. The summed E-state index contributed by atoms with van der Waals surface area (Å²) >= 11 is 6.18. The van der Waals surface area contributed by atoms with Crippen LogP contribution in [0.25, 0.3) is 0 Å². The summed E-state index contributed by atoms with van der Waals surface area (Å²) in [6, 6.07) is 5.64. The highest BCUT2D eigenvalue weighted by Gasteiger charge is 2.32. The number of hydrogen-bond acceptors (Lipinski definition) is 3. The molecule has 1 fully saturated rings. The van der Waals surface area contributed by atoms with Gasteiger partial charge < -0.3 is 20.1 Å². The topological polar surface area (TPSA) is 61.8 Å². The van der Waals surface area contributed by atoms with Crippen molar-refractivity contribution in [2.75, 3.05) is 25.6 Å². The first-order valence-corrected chi connectivity index (χ1v) is 8.00. The molecule has 0 unspecified atom stereocenters. The highest BCUT2D eigenvalue weighted by molar-refractivity contribution is 6.31. The van der Waals surface area contributed by atoms with E-state index in [9.17, 15) is 4.79 Å². The first-order valence-electron chi connectivity index (χ1n) is 7.62. The molecule has 2 amide bonds. The monoisotopic (exact) mass is 326 g/mol. The third-order valence-electron chi connectivity index (χ3n) is 3.70. The van der Waals surface area contributed by atoms with Crippen LogP contribution in [-0.4, -0.2) is 42.3 Å². The molecule has 0 heterocycles. The Morgan fingerprint density at radius 3 is 2.86 bits per heavy atom. The van der Waals surface area contributed by atoms with E-state index in [2.05, 4.69) is 5.32 Å². The first-order chi connectivity index (χ1) is 10.7. The third kappa shape index (κ3) is 4.60. The summed E-state index contributed by atoms with van der Waals surface area (Å²) in [6.45, 7) is 1.17. The normalized spacial score (nSPS) is 14.0. The zero-order chi connectivity index (χ0) is 15.9. The molecule has 0 saturated heterocycles. The molecule has 5 nitrogen and oxygen atoms in total. The van der Waals surface area contributed by atoms with E-state index in [0.29, 0.717) is 36.3 Å². The molecule has 0 spiro atoms. The molecule has 1 aromatic rings. The van der Waals surface area contributed by atoms with Crippen LogP contribution in [0.4, 0.5) is 10.5 Å². The number of methoxy groups -OCH3 is 1. The van der Waals surface area contributed by atoms with E-state index in [1.165, 1.54) is 0 Å². The van der Waals surface area contributed by atoms with Crippen LogP contribution in [0.5, 0.6) is 0 Å². The van der Waals surface area contributed by atoms with Crippen LogP contribution in [-0.2, 0) is 11.3 Å². The second-order valence-corrected chi connectivity index (χ2v) is 5.89. The number of aliphatic hydroxyl groups excluding tert-OH is 1. The Morgan fingerprint density at radius 1 is 1.45 bits per heavy atom. The van der Waals surface area contributed by atoms with Gasteiger partial charge in [-0.2, -0.15) is 0 Å². The minimum atomic E-state index is -0.111. The molecule has 1 aliphatic carbocycles. The van der Waals surface area contributed by atoms with E-state index >= 15 is 0 Å². The lowest BCUT2D eigenvalue weighted by molar-refractivity contribution is 0.185. The van der Waals surface area contributed by atoms with E-state index in [1.807, 2.05) is 17.0 Å². The number of benzene rings is 1. The lowest BCUT2D eigenvalue weighted by Crippen LogP contribution is -2.37. The lowest BCUT2D eigenvalue weighted by Gasteiger charge is -2.23. The van der Waals surface area contributed by atoms with Crippen molar-refractivity contribution in [3.63, 3.8) is 0 Å². The maximum atomic E-state index is 12.5. The van der Waals surface area contributed by atoms with Crippen molar-refractivity contribution >= 4 is 23.3 Å². The SMILES string of the molecule is COCc1c(Cl)cccc1NC(=O)N(CCCCO)C1CC1. The average Bonchev–Trinajstić information content (AvgIpc) is 3.32. The first kappa shape index (κ1) is 17.1. The number of hydrogen-bond donors (Lipinski definition) is 2. The fraction of sp³-hybridized carbons (Fsp3) is 0.562. The van der Waals surface area contributed by atoms with Crippen LogP contribution >= 0.6 is 11.6 Å². The second kappa shape index (κ2) is 8.36. The van der Waals surface area contributed by atoms with Crippen molar-refractivity contribution in [1.82, 2.24) is 4.90 Å². The molecule has 0 aromatic heterocycles. The molecule has 0 radical (unpaired) electrons. The fourth-order valence-corrected chi connectivity index (χ4v) is 2.61. The minimum Gasteiger partial charge on any atom is -0.396 e. The highest BCUT2D eigenvalue weighted by Crippen LogP contribution is 2.29. The van der Waals surface area contributed by atoms with Crippen molar-refractivity contribution in [1.29, 1.82) is 0 Å². The van der Waals surface area contributed by atoms with Crippen LogP contribution < -0.4 is 5.32 Å². The van der Waals surface area contributed by atoms with Gasteiger partial charge in [0.2, 0.25) is 0 Å². The number of ether oxygens (including phenoxy) is 1. The summed E-state index contributed by atoms with van der Waals surface area (Å²) in [5.41, 5.74) is 1.47. The molecular weight excluding hydrogens is 304 g/mol. The van der Waals surface area contributed by atoms with Gasteiger partial charge in [-0.3, -0.25) is 0 Å². The van der Waals surface area contributed by atoms with E-state index < -0.39 is 0 Å². The van der Waals surface area contributed by atoms with Crippen molar-refractivity contribution in [3.05, 3.63) is 28.8 Å². The van der Waals surface area contributed by atoms with Gasteiger partial charge in [-0.1, -0.05) is 17.7 Å². The van der Waals surface area contributed by atoms with Gasteiger partial charge in [0, 0.05) is 42.6 Å². The van der Waals surface area contributed by atoms with Crippen LogP contribution in [0.15, 0.2) is 18.2 Å². The molecule has 0 aliphatic heterocycles. The van der Waals surface area contributed by atoms with Crippen LogP contribution in [0.3, 0.4) is 0 Å². The Balaban J connectivity index is 2.04. The molecule has 122 valence electrons. The summed E-state index contributed by atoms with van der Waals surface area (Å²) in [6.07, 6.45) is 3.61. The Kier molecular flexibility index (Phi) is 6.49. The predicted molar refractivity (Wildman–Crippen MR) is 87.2 cm³/mol. The van der Waals surface area contributed by atoms with Crippen LogP contribution in [0.2, 0.25) is 5.02 Å². The molecule has 1 saturated carbocycles. The quantitative estimate of drug-likeness (QED) is 0.721. The number of aliphatic hydroxyl groups is 1. The Hall–Kier alpha value is -1.30. The number of nitrogens with zero attached hydrogens (tertiary/aromatic N) is 1. The van der Waals surface area contributed by atoms with Crippen molar-refractivity contribution in [2.45, 2.75) is 38.3 Å². The number of carbonyl (C=O) groups excluding carboxylic acids is 1. The summed E-state index contributed by atoms with van der Waals surface area (Å²) in [5, 5.41) is 12.4. The number of anilines is 1. The van der Waals surface area contributed by atoms with E-state index in [1.54, 1.807) is 13.2 Å². The number of unbranched alkanes of at least 4 members (excludes halogenated alkanes) is 1. The van der Waals surface area contributed by atoms with Gasteiger partial charge in [-0.05, 0) is 37.8 Å². The fourth-order valence-electron chi connectivity index (χ4n) is 2.38. The van der Waals surface area contributed by atoms with Crippen molar-refractivity contribution in [3.8, 4) is 0 Å². The Morgan fingerprint density at radius 2 is 2.23 bits per heavy atom. The molecule has 2 rings (SSSR count). The Labute approximate surface area is 136 Å². The van der Waals surface area contributed by atoms with Crippen LogP contribution in [0, 0.1) is 0 Å². The summed E-state index contributed by atoms with van der Waals surface area (Å²) < 4.78 is 5.15. The van der Waals surface area contributed by atoms with Crippen molar-refractivity contribution < 1.29 is 14.6 Å². The maximum Gasteiger partial charge on any atom is 0.322 e. The van der Waals surface area contributed by atoms with Gasteiger partial charge >= 0.3 is 6.03 Å². The number of amides is 2. The average molecular weight is 327 g/mol. The van der Waals surface area contributed by atoms with E-state index in [4.69, 9.17) is 21.4 Å². The smallest absolute Gasteiger partial charge is 0.322 e. The zero-order valence-corrected chi connectivity index (χ0v) is 13.6. The third-order valence-corrected chi connectivity index (χ3v) is 4.06. The maximum absolute atomic E-state index is 12.5. The van der Waals surface area contributed by atoms with Crippen molar-refractivity contribution in [2.24, 2.45) is 0 Å². The van der Waals surface area contributed by atoms with Gasteiger partial charge in [0.25, 0.3) is 0 Å². The molecule has 6 heteroatoms. The van der Waals surface area contributed by atoms with E-state index in [0.717, 1.165) is 24.8 Å². The summed E-state index contributed by atoms with van der Waals surface area (Å²) in [5.74, 6) is 0. The number of rotatable bonds is 8. The number of nitrogens with one attached hydrogen (secondary N) is 1. The minimum absolute atomic E-state index is 0.111. The summed E-state index contributed by atoms with van der Waals surface area (Å²) in [4.78, 5) is 14.4. The second-order valence-electron chi connectivity index (χ2n) is 5.48. The number of urea groups is 1. The lowest BCUT2D eigenvalue weighted by atomic mass is 10.2. The standard InChI is InChI=1S/C16H23ClN2O3/c1-22-11-13-14(17)5-4-6-15(13)18-16(21)19(12-7-8-12)9-2-3-10-20/h4-6,12,20H,2-3,7-11H2,1H3,(H,18,21). The Bertz CT molecular complexity index is 506. The molecule has 22 heavy (non-hydrogen) atoms. The molecule has 2 N–H and O–H groups in total. The highest BCUT2D eigenvalue weighted by atomic mass is 35.5.